The van der Waals surface area contributed by atoms with Gasteiger partial charge in [0.05, 0.1) is 12.7 Å². The molecule has 2 unspecified atom stereocenters. The molecule has 5 heteroatoms. The Hall–Kier alpha value is 0.0569. The Morgan fingerprint density at radius 3 is 2.06 bits per heavy atom. The summed E-state index contributed by atoms with van der Waals surface area (Å²) in [5.74, 6) is 0.675. The topological polar surface area (TPSA) is 40.2 Å². The van der Waals surface area contributed by atoms with Gasteiger partial charge in [0.1, 0.15) is 0 Å². The molecule has 1 heterocycles. The van der Waals surface area contributed by atoms with Gasteiger partial charge in [0, 0.05) is 26.9 Å². The van der Waals surface area contributed by atoms with Crippen LogP contribution in [-0.2, 0) is 18.0 Å². The van der Waals surface area contributed by atoms with Crippen LogP contribution in [0, 0.1) is 5.92 Å². The minimum absolute atomic E-state index is 0.394. The molecule has 0 N–H and O–H groups in total. The molecule has 0 radical (unpaired) electrons. The van der Waals surface area contributed by atoms with Gasteiger partial charge in [0.25, 0.3) is 0 Å². The van der Waals surface area contributed by atoms with Gasteiger partial charge in [-0.1, -0.05) is 32.1 Å². The van der Waals surface area contributed by atoms with Crippen molar-refractivity contribution in [1.29, 1.82) is 0 Å². The minimum Gasteiger partial charge on any atom is -0.377 e. The molecular weight excluding hydrogens is 248 g/mol. The van der Waals surface area contributed by atoms with Crippen LogP contribution < -0.4 is 0 Å². The molecule has 1 saturated heterocycles. The van der Waals surface area contributed by atoms with Crippen LogP contribution in [0.25, 0.3) is 0 Å². The standard InChI is InChI=1S/C13H26O4Si/c1-14-18(15-2,16-3)13(9-12-10-17-12)11-7-5-4-6-8-11/h11-13H,4-10H2,1-3H3. The van der Waals surface area contributed by atoms with Gasteiger partial charge in [-0.3, -0.25) is 0 Å². The number of epoxide rings is 1. The van der Waals surface area contributed by atoms with Crippen LogP contribution in [0.4, 0.5) is 0 Å². The fraction of sp³-hybridized carbons (Fsp3) is 1.00. The molecule has 2 rings (SSSR count). The lowest BCUT2D eigenvalue weighted by Gasteiger charge is -2.38. The minimum atomic E-state index is -2.54. The second kappa shape index (κ2) is 6.48. The van der Waals surface area contributed by atoms with Crippen molar-refractivity contribution in [2.24, 2.45) is 5.92 Å². The van der Waals surface area contributed by atoms with Gasteiger partial charge in [0.2, 0.25) is 0 Å². The molecule has 1 saturated carbocycles. The van der Waals surface area contributed by atoms with Crippen LogP contribution >= 0.6 is 0 Å². The molecule has 0 aromatic heterocycles. The molecular formula is C13H26O4Si. The maximum absolute atomic E-state index is 5.72. The van der Waals surface area contributed by atoms with Crippen LogP contribution in [-0.4, -0.2) is 42.8 Å². The highest BCUT2D eigenvalue weighted by Gasteiger charge is 2.52. The normalized spacial score (nSPS) is 27.2. The van der Waals surface area contributed by atoms with Crippen molar-refractivity contribution in [3.63, 3.8) is 0 Å². The second-order valence-electron chi connectivity index (χ2n) is 5.41. The molecule has 0 spiro atoms. The summed E-state index contributed by atoms with van der Waals surface area (Å²) in [5, 5.41) is 0. The van der Waals surface area contributed by atoms with E-state index in [1.165, 1.54) is 32.1 Å². The summed E-state index contributed by atoms with van der Waals surface area (Å²) < 4.78 is 22.6. The van der Waals surface area contributed by atoms with Crippen LogP contribution in [0.15, 0.2) is 0 Å². The average molecular weight is 274 g/mol. The van der Waals surface area contributed by atoms with Crippen molar-refractivity contribution < 1.29 is 18.0 Å². The Kier molecular flexibility index (Phi) is 5.21. The van der Waals surface area contributed by atoms with Gasteiger partial charge >= 0.3 is 8.80 Å². The fourth-order valence-electron chi connectivity index (χ4n) is 3.35. The summed E-state index contributed by atoms with van der Waals surface area (Å²) in [6, 6.07) is 0. The van der Waals surface area contributed by atoms with Crippen molar-refractivity contribution in [1.82, 2.24) is 0 Å². The zero-order valence-corrected chi connectivity index (χ0v) is 12.8. The first-order chi connectivity index (χ1) is 8.75. The molecule has 0 bridgehead atoms. The van der Waals surface area contributed by atoms with Crippen molar-refractivity contribution in [3.8, 4) is 0 Å². The first kappa shape index (κ1) is 14.5. The van der Waals surface area contributed by atoms with E-state index in [0.717, 1.165) is 13.0 Å². The van der Waals surface area contributed by atoms with E-state index in [4.69, 9.17) is 18.0 Å². The third-order valence-electron chi connectivity index (χ3n) is 4.45. The van der Waals surface area contributed by atoms with E-state index in [-0.39, 0.29) is 0 Å². The number of hydrogen-bond acceptors (Lipinski definition) is 4. The van der Waals surface area contributed by atoms with E-state index < -0.39 is 8.80 Å². The molecule has 0 aromatic carbocycles. The van der Waals surface area contributed by atoms with Gasteiger partial charge in [-0.05, 0) is 12.3 Å². The first-order valence-electron chi connectivity index (χ1n) is 7.02. The van der Waals surface area contributed by atoms with E-state index in [9.17, 15) is 0 Å². The zero-order chi connectivity index (χ0) is 13.0. The largest absolute Gasteiger partial charge is 0.503 e. The third kappa shape index (κ3) is 3.14. The van der Waals surface area contributed by atoms with Crippen LogP contribution in [0.1, 0.15) is 38.5 Å². The van der Waals surface area contributed by atoms with Gasteiger partial charge in [-0.2, -0.15) is 0 Å². The van der Waals surface area contributed by atoms with Crippen LogP contribution in [0.3, 0.4) is 0 Å². The van der Waals surface area contributed by atoms with Crippen molar-refractivity contribution in [3.05, 3.63) is 0 Å². The van der Waals surface area contributed by atoms with Crippen LogP contribution in [0.2, 0.25) is 5.54 Å². The molecule has 2 aliphatic rings. The Morgan fingerprint density at radius 2 is 1.61 bits per heavy atom. The lowest BCUT2D eigenvalue weighted by molar-refractivity contribution is 0.0918. The van der Waals surface area contributed by atoms with E-state index >= 15 is 0 Å². The Morgan fingerprint density at radius 1 is 1.06 bits per heavy atom. The molecule has 1 aliphatic heterocycles. The predicted molar refractivity (Wildman–Crippen MR) is 71.5 cm³/mol. The van der Waals surface area contributed by atoms with E-state index in [1.54, 1.807) is 21.3 Å². The molecule has 2 fully saturated rings. The predicted octanol–water partition coefficient (Wildman–Crippen LogP) is 2.60. The molecule has 4 nitrogen and oxygen atoms in total. The highest BCUT2D eigenvalue weighted by atomic mass is 28.4. The highest BCUT2D eigenvalue weighted by Crippen LogP contribution is 2.44. The molecule has 2 atom stereocenters. The summed E-state index contributed by atoms with van der Waals surface area (Å²) in [7, 11) is 2.64. The summed E-state index contributed by atoms with van der Waals surface area (Å²) in [6.07, 6.45) is 8.02. The average Bonchev–Trinajstić information content (AvgIpc) is 3.25. The monoisotopic (exact) mass is 274 g/mol. The van der Waals surface area contributed by atoms with Gasteiger partial charge in [-0.25, -0.2) is 0 Å². The second-order valence-corrected chi connectivity index (χ2v) is 8.58. The van der Waals surface area contributed by atoms with Crippen molar-refractivity contribution in [2.75, 3.05) is 27.9 Å². The van der Waals surface area contributed by atoms with Crippen molar-refractivity contribution in [2.45, 2.75) is 50.2 Å². The van der Waals surface area contributed by atoms with Gasteiger partial charge < -0.3 is 18.0 Å². The maximum atomic E-state index is 5.72. The zero-order valence-electron chi connectivity index (χ0n) is 11.8. The molecule has 1 aliphatic carbocycles. The quantitative estimate of drug-likeness (QED) is 0.528. The van der Waals surface area contributed by atoms with Crippen molar-refractivity contribution >= 4 is 8.80 Å². The van der Waals surface area contributed by atoms with E-state index in [0.29, 0.717) is 17.6 Å². The number of hydrogen-bond donors (Lipinski definition) is 0. The molecule has 106 valence electrons. The Balaban J connectivity index is 2.10. The van der Waals surface area contributed by atoms with E-state index in [1.807, 2.05) is 0 Å². The smallest absolute Gasteiger partial charge is 0.377 e. The van der Waals surface area contributed by atoms with E-state index in [2.05, 4.69) is 0 Å². The SMILES string of the molecule is CO[Si](OC)(OC)C(CC1CO1)C1CCCCC1. The summed E-state index contributed by atoms with van der Waals surface area (Å²) in [4.78, 5) is 0. The summed E-state index contributed by atoms with van der Waals surface area (Å²) >= 11 is 0. The highest BCUT2D eigenvalue weighted by molar-refractivity contribution is 6.62. The number of ether oxygens (including phenoxy) is 1. The van der Waals surface area contributed by atoms with Gasteiger partial charge in [-0.15, -0.1) is 0 Å². The summed E-state index contributed by atoms with van der Waals surface area (Å²) in [6.45, 7) is 0.894. The Labute approximate surface area is 111 Å². The van der Waals surface area contributed by atoms with Gasteiger partial charge in [0.15, 0.2) is 0 Å². The number of rotatable bonds is 7. The molecule has 0 aromatic rings. The molecule has 18 heavy (non-hydrogen) atoms. The fourth-order valence-corrected chi connectivity index (χ4v) is 6.22. The first-order valence-corrected chi connectivity index (χ1v) is 8.83. The lowest BCUT2D eigenvalue weighted by atomic mass is 9.85. The van der Waals surface area contributed by atoms with Crippen LogP contribution in [0.5, 0.6) is 0 Å². The third-order valence-corrected chi connectivity index (χ3v) is 7.77. The Bertz CT molecular complexity index is 239. The molecule has 0 amide bonds. The lowest BCUT2D eigenvalue weighted by Crippen LogP contribution is -2.50. The maximum Gasteiger partial charge on any atom is 0.503 e. The summed E-state index contributed by atoms with van der Waals surface area (Å²) in [5.41, 5.74) is 0.394.